The second-order valence-corrected chi connectivity index (χ2v) is 12.0. The molecule has 0 saturated heterocycles. The van der Waals surface area contributed by atoms with Gasteiger partial charge in [0, 0.05) is 18.1 Å². The first-order valence-corrected chi connectivity index (χ1v) is 14.8. The quantitative estimate of drug-likeness (QED) is 0.321. The predicted molar refractivity (Wildman–Crippen MR) is 156 cm³/mol. The molecular weight excluding hydrogens is 534 g/mol. The number of halogens is 1. The molecule has 0 aliphatic rings. The molecule has 0 aliphatic carbocycles. The second-order valence-electron chi connectivity index (χ2n) is 9.77. The Kier molecular flexibility index (Phi) is 10.5. The van der Waals surface area contributed by atoms with E-state index in [4.69, 9.17) is 11.6 Å². The average molecular weight is 570 g/mol. The third-order valence-electron chi connectivity index (χ3n) is 6.39. The van der Waals surface area contributed by atoms with Gasteiger partial charge in [0.1, 0.15) is 12.6 Å². The Labute approximate surface area is 236 Å². The molecule has 39 heavy (non-hydrogen) atoms. The van der Waals surface area contributed by atoms with Crippen LogP contribution in [0.25, 0.3) is 0 Å². The van der Waals surface area contributed by atoms with E-state index in [-0.39, 0.29) is 23.3 Å². The van der Waals surface area contributed by atoms with Crippen LogP contribution in [0.5, 0.6) is 0 Å². The van der Waals surface area contributed by atoms with E-state index in [1.54, 1.807) is 61.5 Å². The molecule has 0 heterocycles. The van der Waals surface area contributed by atoms with E-state index in [0.29, 0.717) is 22.8 Å². The number of carbonyl (C=O) groups excluding carboxylic acids is 2. The Morgan fingerprint density at radius 3 is 2.10 bits per heavy atom. The van der Waals surface area contributed by atoms with E-state index in [1.807, 2.05) is 32.9 Å². The highest BCUT2D eigenvalue weighted by atomic mass is 35.5. The van der Waals surface area contributed by atoms with Gasteiger partial charge >= 0.3 is 0 Å². The van der Waals surface area contributed by atoms with Crippen LogP contribution in [-0.4, -0.2) is 44.3 Å². The molecular formula is C30H36ClN3O4S. The van der Waals surface area contributed by atoms with Gasteiger partial charge in [-0.05, 0) is 60.7 Å². The van der Waals surface area contributed by atoms with Crippen molar-refractivity contribution in [3.63, 3.8) is 0 Å². The molecule has 1 N–H and O–H groups in total. The van der Waals surface area contributed by atoms with Crippen molar-refractivity contribution in [1.29, 1.82) is 0 Å². The van der Waals surface area contributed by atoms with E-state index < -0.39 is 28.5 Å². The lowest BCUT2D eigenvalue weighted by Crippen LogP contribution is -2.51. The van der Waals surface area contributed by atoms with Crippen molar-refractivity contribution < 1.29 is 18.0 Å². The summed E-state index contributed by atoms with van der Waals surface area (Å²) in [4.78, 5) is 28.4. The Bertz CT molecular complexity index is 1360. The van der Waals surface area contributed by atoms with Crippen LogP contribution in [0.4, 0.5) is 5.69 Å². The first-order valence-electron chi connectivity index (χ1n) is 13.0. The molecule has 2 amide bonds. The van der Waals surface area contributed by atoms with Crippen molar-refractivity contribution in [1.82, 2.24) is 10.2 Å². The van der Waals surface area contributed by atoms with Gasteiger partial charge in [0.15, 0.2) is 0 Å². The third kappa shape index (κ3) is 7.83. The summed E-state index contributed by atoms with van der Waals surface area (Å²) >= 11 is 6.40. The Morgan fingerprint density at radius 2 is 1.51 bits per heavy atom. The topological polar surface area (TPSA) is 86.8 Å². The maximum Gasteiger partial charge on any atom is 0.264 e. The summed E-state index contributed by atoms with van der Waals surface area (Å²) < 4.78 is 28.7. The molecule has 208 valence electrons. The number of anilines is 1. The molecule has 0 bridgehead atoms. The number of amides is 2. The van der Waals surface area contributed by atoms with E-state index in [1.165, 1.54) is 17.0 Å². The van der Waals surface area contributed by atoms with E-state index in [0.717, 1.165) is 16.3 Å². The number of nitrogens with one attached hydrogen (secondary N) is 1. The second kappa shape index (κ2) is 13.6. The highest BCUT2D eigenvalue weighted by Gasteiger charge is 2.32. The molecule has 3 aromatic carbocycles. The fourth-order valence-electron chi connectivity index (χ4n) is 3.99. The maximum atomic E-state index is 13.9. The van der Waals surface area contributed by atoms with Crippen molar-refractivity contribution >= 4 is 39.1 Å². The third-order valence-corrected chi connectivity index (χ3v) is 8.55. The largest absolute Gasteiger partial charge is 0.354 e. The Hall–Kier alpha value is -3.36. The van der Waals surface area contributed by atoms with E-state index in [2.05, 4.69) is 5.32 Å². The number of hydrogen-bond acceptors (Lipinski definition) is 4. The lowest BCUT2D eigenvalue weighted by atomic mass is 10.1. The molecule has 0 radical (unpaired) electrons. The van der Waals surface area contributed by atoms with Crippen LogP contribution in [0.3, 0.4) is 0 Å². The van der Waals surface area contributed by atoms with Crippen LogP contribution in [0.1, 0.15) is 38.8 Å². The molecule has 1 atom stereocenters. The van der Waals surface area contributed by atoms with Gasteiger partial charge in [0.25, 0.3) is 10.0 Å². The molecule has 9 heteroatoms. The van der Waals surface area contributed by atoms with Gasteiger partial charge in [-0.1, -0.05) is 80.9 Å². The van der Waals surface area contributed by atoms with Gasteiger partial charge in [-0.3, -0.25) is 13.9 Å². The number of rotatable bonds is 12. The standard InChI is InChI=1S/C30H36ClN3O4S/c1-5-24-15-17-26(18-16-24)34(39(37,38)27-12-7-6-8-13-27)21-29(35)33(20-25-11-9-10-14-28(25)31)23(4)30(36)32-19-22(2)3/h6-18,22-23H,5,19-21H2,1-4H3,(H,32,36). The van der Waals surface area contributed by atoms with Crippen molar-refractivity contribution in [3.8, 4) is 0 Å². The summed E-state index contributed by atoms with van der Waals surface area (Å²) in [7, 11) is -4.09. The minimum Gasteiger partial charge on any atom is -0.354 e. The van der Waals surface area contributed by atoms with Gasteiger partial charge in [0.2, 0.25) is 11.8 Å². The number of benzene rings is 3. The van der Waals surface area contributed by atoms with Gasteiger partial charge in [0.05, 0.1) is 10.6 Å². The zero-order valence-electron chi connectivity index (χ0n) is 22.8. The normalized spacial score (nSPS) is 12.2. The van der Waals surface area contributed by atoms with E-state index in [9.17, 15) is 18.0 Å². The summed E-state index contributed by atoms with van der Waals surface area (Å²) in [6, 6.07) is 21.3. The van der Waals surface area contributed by atoms with Crippen LogP contribution >= 0.6 is 11.6 Å². The fourth-order valence-corrected chi connectivity index (χ4v) is 5.62. The van der Waals surface area contributed by atoms with Crippen LogP contribution in [0.2, 0.25) is 5.02 Å². The van der Waals surface area contributed by atoms with Crippen molar-refractivity contribution in [2.45, 2.75) is 51.6 Å². The first kappa shape index (κ1) is 30.2. The minimum absolute atomic E-state index is 0.0444. The summed E-state index contributed by atoms with van der Waals surface area (Å²) in [5.41, 5.74) is 2.05. The summed E-state index contributed by atoms with van der Waals surface area (Å²) in [5.74, 6) is -0.624. The number of aryl methyl sites for hydroxylation is 1. The van der Waals surface area contributed by atoms with Gasteiger partial charge in [-0.2, -0.15) is 0 Å². The van der Waals surface area contributed by atoms with E-state index >= 15 is 0 Å². The Morgan fingerprint density at radius 1 is 0.897 bits per heavy atom. The molecule has 0 fully saturated rings. The zero-order valence-corrected chi connectivity index (χ0v) is 24.4. The molecule has 1 unspecified atom stereocenters. The summed E-state index contributed by atoms with van der Waals surface area (Å²) in [6.07, 6.45) is 0.791. The van der Waals surface area contributed by atoms with Crippen LogP contribution < -0.4 is 9.62 Å². The van der Waals surface area contributed by atoms with Gasteiger partial charge in [-0.15, -0.1) is 0 Å². The molecule has 0 aliphatic heterocycles. The molecule has 0 spiro atoms. The molecule has 0 aromatic heterocycles. The monoisotopic (exact) mass is 569 g/mol. The van der Waals surface area contributed by atoms with Crippen LogP contribution in [-0.2, 0) is 32.6 Å². The maximum absolute atomic E-state index is 13.9. The van der Waals surface area contributed by atoms with Crippen LogP contribution in [0.15, 0.2) is 83.8 Å². The molecule has 7 nitrogen and oxygen atoms in total. The molecule has 0 saturated carbocycles. The number of sulfonamides is 1. The van der Waals surface area contributed by atoms with Crippen LogP contribution in [0, 0.1) is 5.92 Å². The first-order chi connectivity index (χ1) is 18.5. The number of nitrogens with zero attached hydrogens (tertiary/aromatic N) is 2. The predicted octanol–water partition coefficient (Wildman–Crippen LogP) is 5.29. The van der Waals surface area contributed by atoms with Gasteiger partial charge < -0.3 is 10.2 Å². The fraction of sp³-hybridized carbons (Fsp3) is 0.333. The lowest BCUT2D eigenvalue weighted by Gasteiger charge is -2.32. The van der Waals surface area contributed by atoms with Crippen molar-refractivity contribution in [3.05, 3.63) is 95.0 Å². The molecule has 3 aromatic rings. The van der Waals surface area contributed by atoms with Crippen molar-refractivity contribution in [2.75, 3.05) is 17.4 Å². The lowest BCUT2D eigenvalue weighted by molar-refractivity contribution is -0.139. The highest BCUT2D eigenvalue weighted by molar-refractivity contribution is 7.92. The Balaban J connectivity index is 2.01. The zero-order chi connectivity index (χ0) is 28.6. The average Bonchev–Trinajstić information content (AvgIpc) is 2.94. The molecule has 3 rings (SSSR count). The minimum atomic E-state index is -4.09. The SMILES string of the molecule is CCc1ccc(N(CC(=O)N(Cc2ccccc2Cl)C(C)C(=O)NCC(C)C)S(=O)(=O)c2ccccc2)cc1. The van der Waals surface area contributed by atoms with Crippen molar-refractivity contribution in [2.24, 2.45) is 5.92 Å². The number of hydrogen-bond donors (Lipinski definition) is 1. The summed E-state index contributed by atoms with van der Waals surface area (Å²) in [6.45, 7) is 7.61. The van der Waals surface area contributed by atoms with Gasteiger partial charge in [-0.25, -0.2) is 8.42 Å². The smallest absolute Gasteiger partial charge is 0.264 e. The highest BCUT2D eigenvalue weighted by Crippen LogP contribution is 2.26. The summed E-state index contributed by atoms with van der Waals surface area (Å²) in [5, 5.41) is 3.33. The number of carbonyl (C=O) groups is 2.